The van der Waals surface area contributed by atoms with Gasteiger partial charge in [-0.2, -0.15) is 0 Å². The van der Waals surface area contributed by atoms with E-state index in [1.165, 1.54) is 6.92 Å². The maximum atomic E-state index is 12.0. The largest absolute Gasteiger partial charge is 0.356 e. The average molecular weight is 287 g/mol. The molecule has 0 unspecified atom stereocenters. The third-order valence-corrected chi connectivity index (χ3v) is 3.90. The van der Waals surface area contributed by atoms with Crippen LogP contribution in [0.1, 0.15) is 60.9 Å². The number of ketones is 2. The van der Waals surface area contributed by atoms with Crippen LogP contribution in [0.25, 0.3) is 0 Å². The first-order valence-electron chi connectivity index (χ1n) is 7.45. The minimum atomic E-state index is -0.0714. The van der Waals surface area contributed by atoms with Gasteiger partial charge < -0.3 is 5.32 Å². The lowest BCUT2D eigenvalue weighted by Gasteiger charge is -2.09. The lowest BCUT2D eigenvalue weighted by atomic mass is 9.95. The lowest BCUT2D eigenvalue weighted by molar-refractivity contribution is -0.119. The van der Waals surface area contributed by atoms with Gasteiger partial charge in [0, 0.05) is 38.3 Å². The molecule has 0 saturated heterocycles. The summed E-state index contributed by atoms with van der Waals surface area (Å²) in [7, 11) is 0. The molecular weight excluding hydrogens is 266 g/mol. The van der Waals surface area contributed by atoms with Crippen molar-refractivity contribution >= 4 is 17.5 Å². The summed E-state index contributed by atoms with van der Waals surface area (Å²) in [6.45, 7) is 2.00. The van der Waals surface area contributed by atoms with Crippen LogP contribution in [0.4, 0.5) is 0 Å². The van der Waals surface area contributed by atoms with Crippen LogP contribution >= 0.6 is 0 Å². The first-order chi connectivity index (χ1) is 10.1. The Morgan fingerprint density at radius 2 is 1.95 bits per heavy atom. The van der Waals surface area contributed by atoms with Crippen molar-refractivity contribution < 1.29 is 14.4 Å². The molecule has 112 valence electrons. The molecule has 1 aromatic carbocycles. The summed E-state index contributed by atoms with van der Waals surface area (Å²) >= 11 is 0. The molecular formula is C17H21NO3. The van der Waals surface area contributed by atoms with Crippen LogP contribution in [0.3, 0.4) is 0 Å². The van der Waals surface area contributed by atoms with Gasteiger partial charge in [-0.1, -0.05) is 24.3 Å². The number of rotatable bonds is 6. The molecule has 1 aliphatic rings. The van der Waals surface area contributed by atoms with E-state index in [1.807, 2.05) is 24.3 Å². The molecule has 0 spiro atoms. The van der Waals surface area contributed by atoms with Crippen LogP contribution in [-0.2, 0) is 9.59 Å². The topological polar surface area (TPSA) is 63.2 Å². The smallest absolute Gasteiger partial charge is 0.216 e. The summed E-state index contributed by atoms with van der Waals surface area (Å²) in [6, 6.07) is 7.62. The average Bonchev–Trinajstić information content (AvgIpc) is 2.90. The van der Waals surface area contributed by atoms with Gasteiger partial charge in [0.25, 0.3) is 0 Å². The van der Waals surface area contributed by atoms with Gasteiger partial charge in [0.15, 0.2) is 5.78 Å². The fourth-order valence-corrected chi connectivity index (χ4v) is 2.70. The van der Waals surface area contributed by atoms with Crippen molar-refractivity contribution in [3.63, 3.8) is 0 Å². The highest BCUT2D eigenvalue weighted by molar-refractivity contribution is 5.96. The monoisotopic (exact) mass is 287 g/mol. The second kappa shape index (κ2) is 7.16. The molecule has 1 atom stereocenters. The minimum Gasteiger partial charge on any atom is -0.356 e. The van der Waals surface area contributed by atoms with Gasteiger partial charge in [-0.25, -0.2) is 0 Å². The maximum absolute atomic E-state index is 12.0. The second-order valence-corrected chi connectivity index (χ2v) is 5.61. The summed E-state index contributed by atoms with van der Waals surface area (Å²) in [6.07, 6.45) is 3.31. The van der Waals surface area contributed by atoms with Crippen molar-refractivity contribution in [2.75, 3.05) is 6.54 Å². The predicted molar refractivity (Wildman–Crippen MR) is 80.3 cm³/mol. The Hall–Kier alpha value is -1.97. The zero-order valence-corrected chi connectivity index (χ0v) is 12.4. The van der Waals surface area contributed by atoms with Gasteiger partial charge in [0.05, 0.1) is 0 Å². The summed E-state index contributed by atoms with van der Waals surface area (Å²) in [5, 5.41) is 2.68. The first-order valence-corrected chi connectivity index (χ1v) is 7.45. The number of amides is 1. The van der Waals surface area contributed by atoms with Gasteiger partial charge in [0.2, 0.25) is 5.91 Å². The number of benzene rings is 1. The van der Waals surface area contributed by atoms with Crippen LogP contribution in [0.2, 0.25) is 0 Å². The molecule has 1 saturated carbocycles. The number of carbonyl (C=O) groups excluding carboxylic acids is 3. The number of hydrogen-bond acceptors (Lipinski definition) is 3. The number of hydrogen-bond donors (Lipinski definition) is 1. The molecule has 0 heterocycles. The van der Waals surface area contributed by atoms with Gasteiger partial charge in [-0.05, 0) is 24.3 Å². The van der Waals surface area contributed by atoms with E-state index in [-0.39, 0.29) is 11.7 Å². The van der Waals surface area contributed by atoms with Gasteiger partial charge in [0.1, 0.15) is 5.78 Å². The minimum absolute atomic E-state index is 0.0714. The van der Waals surface area contributed by atoms with E-state index in [4.69, 9.17) is 0 Å². The van der Waals surface area contributed by atoms with E-state index in [2.05, 4.69) is 5.32 Å². The molecule has 21 heavy (non-hydrogen) atoms. The van der Waals surface area contributed by atoms with Crippen molar-refractivity contribution in [3.8, 4) is 0 Å². The Kier molecular flexibility index (Phi) is 5.26. The second-order valence-electron chi connectivity index (χ2n) is 5.61. The fourth-order valence-electron chi connectivity index (χ4n) is 2.70. The van der Waals surface area contributed by atoms with Crippen LogP contribution in [0.5, 0.6) is 0 Å². The molecule has 1 aliphatic carbocycles. The highest BCUT2D eigenvalue weighted by atomic mass is 16.1. The molecule has 2 rings (SSSR count). The molecule has 0 radical (unpaired) electrons. The molecule has 1 N–H and O–H groups in total. The number of nitrogens with one attached hydrogen (secondary N) is 1. The van der Waals surface area contributed by atoms with E-state index < -0.39 is 0 Å². The Balaban J connectivity index is 1.85. The Bertz CT molecular complexity index is 533. The Morgan fingerprint density at radius 3 is 2.52 bits per heavy atom. The van der Waals surface area contributed by atoms with Crippen LogP contribution in [0, 0.1) is 0 Å². The van der Waals surface area contributed by atoms with Gasteiger partial charge in [-0.3, -0.25) is 14.4 Å². The third-order valence-electron chi connectivity index (χ3n) is 3.90. The fraction of sp³-hybridized carbons (Fsp3) is 0.471. The van der Waals surface area contributed by atoms with Crippen LogP contribution in [0.15, 0.2) is 24.3 Å². The van der Waals surface area contributed by atoms with Crippen molar-refractivity contribution in [3.05, 3.63) is 35.4 Å². The molecule has 4 heteroatoms. The third kappa shape index (κ3) is 4.52. The summed E-state index contributed by atoms with van der Waals surface area (Å²) in [5.41, 5.74) is 1.85. The summed E-state index contributed by atoms with van der Waals surface area (Å²) in [4.78, 5) is 34.0. The zero-order valence-electron chi connectivity index (χ0n) is 12.4. The molecule has 0 aromatic heterocycles. The van der Waals surface area contributed by atoms with Crippen molar-refractivity contribution in [2.45, 2.75) is 44.9 Å². The van der Waals surface area contributed by atoms with Crippen molar-refractivity contribution in [2.24, 2.45) is 0 Å². The SMILES string of the molecule is CC(=O)NCCCC(=O)c1ccc([C@H]2CCC(=O)C2)cc1. The van der Waals surface area contributed by atoms with Gasteiger partial charge in [-0.15, -0.1) is 0 Å². The Labute approximate surface area is 124 Å². The zero-order chi connectivity index (χ0) is 15.2. The molecule has 1 amide bonds. The Morgan fingerprint density at radius 1 is 1.24 bits per heavy atom. The highest BCUT2D eigenvalue weighted by Gasteiger charge is 2.23. The standard InChI is InChI=1S/C17H21NO3/c1-12(19)18-10-2-3-17(21)14-6-4-13(5-7-14)15-8-9-16(20)11-15/h4-7,15H,2-3,8-11H2,1H3,(H,18,19)/t15-/m0/s1. The van der Waals surface area contributed by atoms with Crippen molar-refractivity contribution in [1.82, 2.24) is 5.32 Å². The highest BCUT2D eigenvalue weighted by Crippen LogP contribution is 2.32. The van der Waals surface area contributed by atoms with E-state index in [0.717, 1.165) is 12.0 Å². The normalized spacial score (nSPS) is 17.8. The van der Waals surface area contributed by atoms with Gasteiger partial charge >= 0.3 is 0 Å². The van der Waals surface area contributed by atoms with E-state index >= 15 is 0 Å². The first kappa shape index (κ1) is 15.4. The molecule has 4 nitrogen and oxygen atoms in total. The van der Waals surface area contributed by atoms with E-state index in [1.54, 1.807) is 0 Å². The van der Waals surface area contributed by atoms with Crippen LogP contribution in [-0.4, -0.2) is 24.0 Å². The van der Waals surface area contributed by atoms with Crippen LogP contribution < -0.4 is 5.32 Å². The molecule has 0 bridgehead atoms. The molecule has 1 fully saturated rings. The number of Topliss-reactive ketones (excluding diaryl/α,β-unsaturated/α-hetero) is 2. The predicted octanol–water partition coefficient (Wildman–Crippen LogP) is 2.62. The number of carbonyl (C=O) groups is 3. The van der Waals surface area contributed by atoms with E-state index in [0.29, 0.717) is 49.5 Å². The maximum Gasteiger partial charge on any atom is 0.216 e. The summed E-state index contributed by atoms with van der Waals surface area (Å²) < 4.78 is 0. The van der Waals surface area contributed by atoms with E-state index in [9.17, 15) is 14.4 Å². The summed E-state index contributed by atoms with van der Waals surface area (Å²) in [5.74, 6) is 0.673. The quantitative estimate of drug-likeness (QED) is 0.646. The molecule has 1 aromatic rings. The molecule has 0 aliphatic heterocycles. The van der Waals surface area contributed by atoms with Crippen molar-refractivity contribution in [1.29, 1.82) is 0 Å². The lowest BCUT2D eigenvalue weighted by Crippen LogP contribution is -2.21.